The first-order chi connectivity index (χ1) is 19.0. The highest BCUT2D eigenvalue weighted by Crippen LogP contribution is 2.34. The Balaban J connectivity index is 1.39. The van der Waals surface area contributed by atoms with Gasteiger partial charge in [0.25, 0.3) is 0 Å². The monoisotopic (exact) mass is 555 g/mol. The number of amides is 1. The summed E-state index contributed by atoms with van der Waals surface area (Å²) in [5, 5.41) is 0. The minimum Gasteiger partial charge on any atom is -0.488 e. The summed E-state index contributed by atoms with van der Waals surface area (Å²) >= 11 is 0. The highest BCUT2D eigenvalue weighted by atomic mass is 19.1. The number of alkyl halides is 1. The van der Waals surface area contributed by atoms with E-state index in [9.17, 15) is 18.4 Å². The average Bonchev–Trinajstić information content (AvgIpc) is 3.39. The van der Waals surface area contributed by atoms with Crippen molar-refractivity contribution in [2.24, 2.45) is 0 Å². The molecule has 40 heavy (non-hydrogen) atoms. The van der Waals surface area contributed by atoms with Gasteiger partial charge in [-0.15, -0.1) is 0 Å². The molecule has 1 atom stereocenters. The Morgan fingerprint density at radius 1 is 1.10 bits per heavy atom. The first-order valence-electron chi connectivity index (χ1n) is 13.7. The Kier molecular flexibility index (Phi) is 7.65. The molecule has 2 aromatic heterocycles. The number of halogens is 2. The third-order valence-corrected chi connectivity index (χ3v) is 7.13. The van der Waals surface area contributed by atoms with Crippen molar-refractivity contribution >= 4 is 17.8 Å². The van der Waals surface area contributed by atoms with Crippen molar-refractivity contribution < 1.29 is 27.8 Å². The zero-order chi connectivity index (χ0) is 28.6. The Bertz CT molecular complexity index is 1350. The molecule has 11 heteroatoms. The average molecular weight is 556 g/mol. The summed E-state index contributed by atoms with van der Waals surface area (Å²) in [5.41, 5.74) is 2.27. The van der Waals surface area contributed by atoms with Gasteiger partial charge in [-0.1, -0.05) is 0 Å². The van der Waals surface area contributed by atoms with Gasteiger partial charge >= 0.3 is 6.09 Å². The predicted octanol–water partition coefficient (Wildman–Crippen LogP) is 5.10. The summed E-state index contributed by atoms with van der Waals surface area (Å²) in [6, 6.07) is 1.80. The van der Waals surface area contributed by atoms with Crippen LogP contribution in [0.1, 0.15) is 58.3 Å². The number of hydrogen-bond donors (Lipinski definition) is 0. The molecule has 2 aliphatic heterocycles. The number of ether oxygens (including phenoxy) is 2. The quantitative estimate of drug-likeness (QED) is 0.519. The van der Waals surface area contributed by atoms with E-state index in [4.69, 9.17) is 19.4 Å². The standard InChI is InChI=1S/C29H35F2N5O4/c1-18(37)35-14-10-23-24(17-35)32-26(19-7-11-36(16-19)28(38)40-29(2,3)4)27(33-23)34-12-8-21(9-13-34)39-25-6-5-20(30)15-22(25)31/h6-7,11,15-16,20-21H,5,8-10,12-14,17H2,1-4H3/t20-/m1/s1. The molecule has 0 bridgehead atoms. The van der Waals surface area contributed by atoms with E-state index in [0.29, 0.717) is 62.5 Å². The topological polar surface area (TPSA) is 89.8 Å². The SMILES string of the molecule is CC(=O)N1CCc2nc(N3CCC(OC4=CC[C@@H](F)C=C4F)CC3)c(-c3ccn(C(=O)OC(C)(C)C)c3)nc2C1. The van der Waals surface area contributed by atoms with Crippen LogP contribution in [0.15, 0.2) is 42.2 Å². The van der Waals surface area contributed by atoms with Gasteiger partial charge in [0.2, 0.25) is 5.91 Å². The number of aromatic nitrogens is 3. The molecule has 5 rings (SSSR count). The van der Waals surface area contributed by atoms with Crippen LogP contribution in [0.2, 0.25) is 0 Å². The van der Waals surface area contributed by atoms with Gasteiger partial charge in [0, 0.05) is 70.2 Å². The lowest BCUT2D eigenvalue weighted by Crippen LogP contribution is -2.39. The van der Waals surface area contributed by atoms with Crippen LogP contribution in [0.4, 0.5) is 19.4 Å². The van der Waals surface area contributed by atoms with Gasteiger partial charge in [0.15, 0.2) is 17.4 Å². The zero-order valence-electron chi connectivity index (χ0n) is 23.3. The van der Waals surface area contributed by atoms with Crippen LogP contribution >= 0.6 is 0 Å². The Hall–Kier alpha value is -3.76. The number of nitrogens with zero attached hydrogens (tertiary/aromatic N) is 5. The van der Waals surface area contributed by atoms with E-state index >= 15 is 0 Å². The molecule has 9 nitrogen and oxygen atoms in total. The molecule has 3 aliphatic rings. The first kappa shape index (κ1) is 27.8. The minimum absolute atomic E-state index is 0.0161. The van der Waals surface area contributed by atoms with Crippen molar-refractivity contribution in [1.82, 2.24) is 19.4 Å². The number of rotatable bonds is 4. The normalized spacial score (nSPS) is 20.0. The summed E-state index contributed by atoms with van der Waals surface area (Å²) in [5.74, 6) is 0.134. The molecule has 1 saturated heterocycles. The lowest BCUT2D eigenvalue weighted by Gasteiger charge is -2.35. The number of anilines is 1. The predicted molar refractivity (Wildman–Crippen MR) is 145 cm³/mol. The highest BCUT2D eigenvalue weighted by molar-refractivity contribution is 5.78. The molecule has 2 aromatic rings. The molecule has 214 valence electrons. The fraction of sp³-hybridized carbons (Fsp3) is 0.517. The molecule has 1 fully saturated rings. The van der Waals surface area contributed by atoms with E-state index in [-0.39, 0.29) is 24.2 Å². The van der Waals surface area contributed by atoms with Gasteiger partial charge in [-0.05, 0) is 39.0 Å². The Morgan fingerprint density at radius 3 is 2.52 bits per heavy atom. The summed E-state index contributed by atoms with van der Waals surface area (Å²) in [4.78, 5) is 38.6. The largest absolute Gasteiger partial charge is 0.488 e. The molecule has 0 spiro atoms. The Morgan fingerprint density at radius 2 is 1.85 bits per heavy atom. The van der Waals surface area contributed by atoms with Gasteiger partial charge in [-0.2, -0.15) is 0 Å². The van der Waals surface area contributed by atoms with Crippen LogP contribution < -0.4 is 4.90 Å². The maximum absolute atomic E-state index is 14.2. The van der Waals surface area contributed by atoms with Crippen molar-refractivity contribution in [2.45, 2.75) is 77.8 Å². The number of allylic oxidation sites excluding steroid dienone is 3. The van der Waals surface area contributed by atoms with Crippen LogP contribution in [-0.4, -0.2) is 68.9 Å². The first-order valence-corrected chi connectivity index (χ1v) is 13.7. The van der Waals surface area contributed by atoms with Crippen LogP contribution in [0.3, 0.4) is 0 Å². The van der Waals surface area contributed by atoms with E-state index in [1.54, 1.807) is 30.3 Å². The molecule has 4 heterocycles. The van der Waals surface area contributed by atoms with Gasteiger partial charge in [0.05, 0.1) is 17.9 Å². The zero-order valence-corrected chi connectivity index (χ0v) is 23.3. The van der Waals surface area contributed by atoms with E-state index in [2.05, 4.69) is 4.90 Å². The highest BCUT2D eigenvalue weighted by Gasteiger charge is 2.30. The summed E-state index contributed by atoms with van der Waals surface area (Å²) in [7, 11) is 0. The number of carbonyl (C=O) groups excluding carboxylic acids is 2. The fourth-order valence-corrected chi connectivity index (χ4v) is 5.07. The second-order valence-corrected chi connectivity index (χ2v) is 11.4. The van der Waals surface area contributed by atoms with Crippen molar-refractivity contribution in [3.63, 3.8) is 0 Å². The van der Waals surface area contributed by atoms with Gasteiger partial charge in [-0.3, -0.25) is 9.36 Å². The third kappa shape index (κ3) is 6.18. The Labute approximate surface area is 232 Å². The molecule has 0 unspecified atom stereocenters. The molecule has 0 radical (unpaired) electrons. The third-order valence-electron chi connectivity index (χ3n) is 7.13. The summed E-state index contributed by atoms with van der Waals surface area (Å²) in [6.45, 7) is 9.12. The van der Waals surface area contributed by atoms with Gasteiger partial charge < -0.3 is 19.3 Å². The van der Waals surface area contributed by atoms with Crippen molar-refractivity contribution in [2.75, 3.05) is 24.5 Å². The van der Waals surface area contributed by atoms with Crippen molar-refractivity contribution in [1.29, 1.82) is 0 Å². The van der Waals surface area contributed by atoms with E-state index in [1.165, 1.54) is 10.6 Å². The number of piperidine rings is 1. The van der Waals surface area contributed by atoms with E-state index < -0.39 is 23.7 Å². The van der Waals surface area contributed by atoms with Gasteiger partial charge in [0.1, 0.15) is 23.6 Å². The molecule has 1 aliphatic carbocycles. The maximum atomic E-state index is 14.2. The van der Waals surface area contributed by atoms with E-state index in [1.807, 2.05) is 20.8 Å². The molecule has 0 aromatic carbocycles. The summed E-state index contributed by atoms with van der Waals surface area (Å²) < 4.78 is 40.4. The van der Waals surface area contributed by atoms with Crippen LogP contribution in [0.25, 0.3) is 11.3 Å². The smallest absolute Gasteiger partial charge is 0.418 e. The number of fused-ring (bicyclic) bond motifs is 1. The molecular formula is C29H35F2N5O4. The molecule has 1 amide bonds. The minimum atomic E-state index is -1.32. The lowest BCUT2D eigenvalue weighted by atomic mass is 10.0. The molecule has 0 saturated carbocycles. The fourth-order valence-electron chi connectivity index (χ4n) is 5.07. The van der Waals surface area contributed by atoms with Crippen molar-refractivity contribution in [3.05, 3.63) is 53.6 Å². The van der Waals surface area contributed by atoms with Crippen LogP contribution in [-0.2, 0) is 27.2 Å². The second kappa shape index (κ2) is 11.0. The lowest BCUT2D eigenvalue weighted by molar-refractivity contribution is -0.129. The molecule has 0 N–H and O–H groups in total. The molecular weight excluding hydrogens is 520 g/mol. The maximum Gasteiger partial charge on any atom is 0.418 e. The second-order valence-electron chi connectivity index (χ2n) is 11.4. The summed E-state index contributed by atoms with van der Waals surface area (Å²) in [6.07, 6.45) is 5.68. The number of hydrogen-bond acceptors (Lipinski definition) is 7. The van der Waals surface area contributed by atoms with Crippen LogP contribution in [0, 0.1) is 0 Å². The van der Waals surface area contributed by atoms with Crippen LogP contribution in [0.5, 0.6) is 0 Å². The van der Waals surface area contributed by atoms with E-state index in [0.717, 1.165) is 17.5 Å². The van der Waals surface area contributed by atoms with Gasteiger partial charge in [-0.25, -0.2) is 23.5 Å². The van der Waals surface area contributed by atoms with Crippen molar-refractivity contribution in [3.8, 4) is 11.3 Å². The number of carbonyl (C=O) groups is 2.